The Hall–Kier alpha value is -0.170. The molecule has 102 valence electrons. The van der Waals surface area contributed by atoms with Crippen molar-refractivity contribution in [3.8, 4) is 0 Å². The SMILES string of the molecule is CCOC(C)(C)CNS(=O)(=O)C1CCNCC1. The predicted octanol–water partition coefficient (Wildman–Crippen LogP) is 0.473. The largest absolute Gasteiger partial charge is 0.375 e. The van der Waals surface area contributed by atoms with Crippen molar-refractivity contribution >= 4 is 10.0 Å². The number of hydrogen-bond acceptors (Lipinski definition) is 4. The van der Waals surface area contributed by atoms with E-state index in [4.69, 9.17) is 4.74 Å². The van der Waals surface area contributed by atoms with Gasteiger partial charge in [-0.15, -0.1) is 0 Å². The van der Waals surface area contributed by atoms with Gasteiger partial charge in [0.1, 0.15) is 0 Å². The van der Waals surface area contributed by atoms with Crippen LogP contribution in [0.4, 0.5) is 0 Å². The second-order valence-corrected chi connectivity index (χ2v) is 7.05. The van der Waals surface area contributed by atoms with E-state index in [2.05, 4.69) is 10.0 Å². The second kappa shape index (κ2) is 6.13. The number of piperidine rings is 1. The van der Waals surface area contributed by atoms with E-state index in [1.807, 2.05) is 20.8 Å². The molecule has 0 atom stereocenters. The van der Waals surface area contributed by atoms with Crippen molar-refractivity contribution in [3.63, 3.8) is 0 Å². The van der Waals surface area contributed by atoms with E-state index in [9.17, 15) is 8.42 Å². The maximum Gasteiger partial charge on any atom is 0.214 e. The Morgan fingerprint density at radius 3 is 2.47 bits per heavy atom. The van der Waals surface area contributed by atoms with E-state index >= 15 is 0 Å². The molecule has 0 unspecified atom stereocenters. The number of ether oxygens (including phenoxy) is 1. The molecule has 0 aliphatic carbocycles. The molecule has 17 heavy (non-hydrogen) atoms. The fourth-order valence-electron chi connectivity index (χ4n) is 1.94. The number of hydrogen-bond donors (Lipinski definition) is 2. The van der Waals surface area contributed by atoms with Crippen LogP contribution in [0.15, 0.2) is 0 Å². The fourth-order valence-corrected chi connectivity index (χ4v) is 3.58. The highest BCUT2D eigenvalue weighted by molar-refractivity contribution is 7.90. The van der Waals surface area contributed by atoms with Crippen molar-refractivity contribution in [1.82, 2.24) is 10.0 Å². The van der Waals surface area contributed by atoms with E-state index in [0.29, 0.717) is 26.0 Å². The minimum absolute atomic E-state index is 0.263. The third kappa shape index (κ3) is 4.91. The van der Waals surface area contributed by atoms with Gasteiger partial charge in [0.15, 0.2) is 0 Å². The molecule has 1 heterocycles. The Balaban J connectivity index is 2.49. The first-order valence-electron chi connectivity index (χ1n) is 6.20. The van der Waals surface area contributed by atoms with Crippen LogP contribution in [0.2, 0.25) is 0 Å². The fraction of sp³-hybridized carbons (Fsp3) is 1.00. The Morgan fingerprint density at radius 1 is 1.35 bits per heavy atom. The van der Waals surface area contributed by atoms with E-state index in [0.717, 1.165) is 13.1 Å². The summed E-state index contributed by atoms with van der Waals surface area (Å²) >= 11 is 0. The van der Waals surface area contributed by atoms with Gasteiger partial charge in [0.2, 0.25) is 10.0 Å². The number of nitrogens with one attached hydrogen (secondary N) is 2. The summed E-state index contributed by atoms with van der Waals surface area (Å²) in [4.78, 5) is 0. The van der Waals surface area contributed by atoms with Crippen LogP contribution >= 0.6 is 0 Å². The van der Waals surface area contributed by atoms with Gasteiger partial charge < -0.3 is 10.1 Å². The van der Waals surface area contributed by atoms with Crippen molar-refractivity contribution < 1.29 is 13.2 Å². The van der Waals surface area contributed by atoms with E-state index in [1.165, 1.54) is 0 Å². The minimum atomic E-state index is -3.20. The molecule has 0 aromatic carbocycles. The standard InChI is InChI=1S/C11H24N2O3S/c1-4-16-11(2,3)9-13-17(14,15)10-5-7-12-8-6-10/h10,12-13H,4-9H2,1-3H3. The Morgan fingerprint density at radius 2 is 1.94 bits per heavy atom. The minimum Gasteiger partial charge on any atom is -0.375 e. The van der Waals surface area contributed by atoms with Crippen LogP contribution in [0.25, 0.3) is 0 Å². The van der Waals surface area contributed by atoms with Crippen molar-refractivity contribution in [1.29, 1.82) is 0 Å². The second-order valence-electron chi connectivity index (χ2n) is 5.01. The summed E-state index contributed by atoms with van der Waals surface area (Å²) in [5.41, 5.74) is -0.450. The van der Waals surface area contributed by atoms with Gasteiger partial charge >= 0.3 is 0 Å². The summed E-state index contributed by atoms with van der Waals surface area (Å²) < 4.78 is 32.2. The first-order valence-corrected chi connectivity index (χ1v) is 7.75. The highest BCUT2D eigenvalue weighted by Gasteiger charge is 2.29. The van der Waals surface area contributed by atoms with Crippen molar-refractivity contribution in [3.05, 3.63) is 0 Å². The zero-order valence-electron chi connectivity index (χ0n) is 11.0. The highest BCUT2D eigenvalue weighted by atomic mass is 32.2. The Kier molecular flexibility index (Phi) is 5.37. The van der Waals surface area contributed by atoms with E-state index in [1.54, 1.807) is 0 Å². The molecule has 0 bridgehead atoms. The highest BCUT2D eigenvalue weighted by Crippen LogP contribution is 2.14. The molecule has 0 spiro atoms. The molecule has 6 heteroatoms. The van der Waals surface area contributed by atoms with Gasteiger partial charge in [0.25, 0.3) is 0 Å². The maximum atomic E-state index is 12.0. The predicted molar refractivity (Wildman–Crippen MR) is 68.5 cm³/mol. The van der Waals surface area contributed by atoms with Gasteiger partial charge in [-0.05, 0) is 46.7 Å². The number of rotatable bonds is 6. The summed E-state index contributed by atoms with van der Waals surface area (Å²) in [5, 5.41) is 2.90. The summed E-state index contributed by atoms with van der Waals surface area (Å²) in [5.74, 6) is 0. The van der Waals surface area contributed by atoms with Crippen LogP contribution in [0.3, 0.4) is 0 Å². The zero-order valence-corrected chi connectivity index (χ0v) is 11.8. The average Bonchev–Trinajstić information content (AvgIpc) is 2.28. The monoisotopic (exact) mass is 264 g/mol. The van der Waals surface area contributed by atoms with Crippen LogP contribution in [-0.4, -0.2) is 45.5 Å². The van der Waals surface area contributed by atoms with Crippen molar-refractivity contribution in [2.45, 2.75) is 44.5 Å². The van der Waals surface area contributed by atoms with Crippen LogP contribution in [0.1, 0.15) is 33.6 Å². The summed E-state index contributed by atoms with van der Waals surface area (Å²) in [7, 11) is -3.20. The van der Waals surface area contributed by atoms with Gasteiger partial charge in [0.05, 0.1) is 10.9 Å². The third-order valence-corrected chi connectivity index (χ3v) is 4.85. The lowest BCUT2D eigenvalue weighted by Gasteiger charge is -2.28. The zero-order chi connectivity index (χ0) is 12.9. The van der Waals surface area contributed by atoms with Gasteiger partial charge in [-0.2, -0.15) is 0 Å². The third-order valence-electron chi connectivity index (χ3n) is 2.96. The Labute approximate surface area is 104 Å². The van der Waals surface area contributed by atoms with Crippen LogP contribution < -0.4 is 10.0 Å². The molecule has 1 aliphatic heterocycles. The topological polar surface area (TPSA) is 67.4 Å². The van der Waals surface area contributed by atoms with Crippen LogP contribution in [0.5, 0.6) is 0 Å². The van der Waals surface area contributed by atoms with Crippen molar-refractivity contribution in [2.75, 3.05) is 26.2 Å². The molecule has 0 amide bonds. The molecule has 1 aliphatic rings. The lowest BCUT2D eigenvalue weighted by atomic mass is 10.1. The lowest BCUT2D eigenvalue weighted by Crippen LogP contribution is -2.46. The van der Waals surface area contributed by atoms with Gasteiger partial charge in [-0.3, -0.25) is 0 Å². The first-order chi connectivity index (χ1) is 7.87. The van der Waals surface area contributed by atoms with Gasteiger partial charge in [0, 0.05) is 13.2 Å². The van der Waals surface area contributed by atoms with E-state index in [-0.39, 0.29) is 5.25 Å². The van der Waals surface area contributed by atoms with Crippen molar-refractivity contribution in [2.24, 2.45) is 0 Å². The molecule has 0 aromatic heterocycles. The summed E-state index contributed by atoms with van der Waals surface area (Å²) in [6, 6.07) is 0. The summed E-state index contributed by atoms with van der Waals surface area (Å²) in [6.07, 6.45) is 1.37. The smallest absolute Gasteiger partial charge is 0.214 e. The van der Waals surface area contributed by atoms with Crippen LogP contribution in [-0.2, 0) is 14.8 Å². The van der Waals surface area contributed by atoms with Gasteiger partial charge in [-0.1, -0.05) is 0 Å². The molecular weight excluding hydrogens is 240 g/mol. The molecule has 1 fully saturated rings. The normalized spacial score (nSPS) is 19.5. The number of sulfonamides is 1. The molecule has 5 nitrogen and oxygen atoms in total. The first kappa shape index (κ1) is 14.9. The van der Waals surface area contributed by atoms with Gasteiger partial charge in [-0.25, -0.2) is 13.1 Å². The molecule has 0 saturated carbocycles. The summed E-state index contributed by atoms with van der Waals surface area (Å²) in [6.45, 7) is 8.15. The molecule has 1 rings (SSSR count). The van der Waals surface area contributed by atoms with E-state index < -0.39 is 15.6 Å². The molecule has 0 aromatic rings. The lowest BCUT2D eigenvalue weighted by molar-refractivity contribution is -0.00519. The average molecular weight is 264 g/mol. The van der Waals surface area contributed by atoms with Crippen LogP contribution in [0, 0.1) is 0 Å². The molecular formula is C11H24N2O3S. The molecule has 1 saturated heterocycles. The Bertz CT molecular complexity index is 322. The molecule has 0 radical (unpaired) electrons. The molecule has 2 N–H and O–H groups in total. The quantitative estimate of drug-likeness (QED) is 0.732. The maximum absolute atomic E-state index is 12.0.